The van der Waals surface area contributed by atoms with Gasteiger partial charge in [-0.15, -0.1) is 11.8 Å². The molecule has 0 aliphatic carbocycles. The van der Waals surface area contributed by atoms with Crippen LogP contribution < -0.4 is 4.74 Å². The molecule has 0 saturated carbocycles. The number of nitriles is 1. The summed E-state index contributed by atoms with van der Waals surface area (Å²) in [6.07, 6.45) is 0. The molecule has 0 saturated heterocycles. The van der Waals surface area contributed by atoms with E-state index in [4.69, 9.17) is 4.74 Å². The van der Waals surface area contributed by atoms with Gasteiger partial charge in [0.15, 0.2) is 0 Å². The monoisotopic (exact) mass is 361 g/mol. The number of hydrogen-bond donors (Lipinski definition) is 0. The molecule has 0 heterocycles. The minimum absolute atomic E-state index is 0.600. The van der Waals surface area contributed by atoms with Crippen LogP contribution in [0.3, 0.4) is 0 Å². The zero-order valence-corrected chi connectivity index (χ0v) is 14.6. The van der Waals surface area contributed by atoms with Crippen molar-refractivity contribution in [3.8, 4) is 17.6 Å². The number of thioether (sulfide) groups is 1. The second kappa shape index (κ2) is 7.02. The Morgan fingerprint density at radius 2 is 1.90 bits per heavy atom. The largest absolute Gasteiger partial charge is 0.456 e. The van der Waals surface area contributed by atoms with Gasteiger partial charge in [0.1, 0.15) is 23.1 Å². The van der Waals surface area contributed by atoms with Crippen molar-refractivity contribution in [1.29, 1.82) is 5.26 Å². The smallest absolute Gasteiger partial charge is 0.146 e. The Labute approximate surface area is 138 Å². The van der Waals surface area contributed by atoms with E-state index < -0.39 is 0 Å². The maximum Gasteiger partial charge on any atom is 0.146 e. The van der Waals surface area contributed by atoms with Crippen molar-refractivity contribution in [1.82, 2.24) is 0 Å². The average Bonchev–Trinajstić information content (AvgIpc) is 2.45. The Kier molecular flexibility index (Phi) is 5.33. The summed E-state index contributed by atoms with van der Waals surface area (Å²) >= 11 is 5.20. The third-order valence-electron chi connectivity index (χ3n) is 3.04. The highest BCUT2D eigenvalue weighted by Gasteiger charge is 2.11. The van der Waals surface area contributed by atoms with Crippen LogP contribution in [0.15, 0.2) is 39.7 Å². The molecule has 0 amide bonds. The number of halogens is 1. The van der Waals surface area contributed by atoms with Crippen LogP contribution in [-0.4, -0.2) is 5.75 Å². The maximum absolute atomic E-state index is 9.41. The Balaban J connectivity index is 2.40. The quantitative estimate of drug-likeness (QED) is 0.641. The van der Waals surface area contributed by atoms with Gasteiger partial charge in [0, 0.05) is 9.37 Å². The highest BCUT2D eigenvalue weighted by molar-refractivity contribution is 9.10. The Morgan fingerprint density at radius 3 is 2.48 bits per heavy atom. The lowest BCUT2D eigenvalue weighted by Gasteiger charge is -2.12. The molecular weight excluding hydrogens is 346 g/mol. The molecule has 0 aromatic heterocycles. The van der Waals surface area contributed by atoms with Crippen LogP contribution >= 0.6 is 27.7 Å². The maximum atomic E-state index is 9.41. The molecule has 0 aliphatic rings. The molecule has 0 atom stereocenters. The number of ether oxygens (including phenoxy) is 1. The summed E-state index contributed by atoms with van der Waals surface area (Å²) in [6.45, 7) is 6.12. The third kappa shape index (κ3) is 3.61. The molecule has 2 aromatic rings. The van der Waals surface area contributed by atoms with E-state index in [9.17, 15) is 5.26 Å². The lowest BCUT2D eigenvalue weighted by atomic mass is 10.1. The topological polar surface area (TPSA) is 33.0 Å². The summed E-state index contributed by atoms with van der Waals surface area (Å²) in [6, 6.07) is 11.9. The molecule has 0 spiro atoms. The molecule has 2 rings (SSSR count). The summed E-state index contributed by atoms with van der Waals surface area (Å²) in [5, 5.41) is 9.41. The van der Waals surface area contributed by atoms with E-state index in [0.29, 0.717) is 11.3 Å². The van der Waals surface area contributed by atoms with Crippen molar-refractivity contribution in [2.45, 2.75) is 25.7 Å². The van der Waals surface area contributed by atoms with Gasteiger partial charge >= 0.3 is 0 Å². The van der Waals surface area contributed by atoms with Crippen molar-refractivity contribution in [3.05, 3.63) is 51.5 Å². The predicted molar refractivity (Wildman–Crippen MR) is 91.2 cm³/mol. The van der Waals surface area contributed by atoms with Crippen molar-refractivity contribution in [2.24, 2.45) is 0 Å². The average molecular weight is 362 g/mol. The molecule has 4 heteroatoms. The molecule has 2 aromatic carbocycles. The zero-order valence-electron chi connectivity index (χ0n) is 12.2. The van der Waals surface area contributed by atoms with Crippen LogP contribution in [0.4, 0.5) is 0 Å². The molecule has 0 N–H and O–H groups in total. The van der Waals surface area contributed by atoms with Gasteiger partial charge in [-0.25, -0.2) is 0 Å². The first-order valence-electron chi connectivity index (χ1n) is 6.67. The fourth-order valence-electron chi connectivity index (χ4n) is 2.07. The Hall–Kier alpha value is -1.44. The highest BCUT2D eigenvalue weighted by atomic mass is 79.9. The first kappa shape index (κ1) is 15.9. The van der Waals surface area contributed by atoms with Crippen LogP contribution in [0.25, 0.3) is 0 Å². The van der Waals surface area contributed by atoms with E-state index in [-0.39, 0.29) is 0 Å². The standard InChI is InChI=1S/C17H16BrNOS/c1-4-21-16-7-5-6-15(14(16)10-19)20-13-8-11(2)17(18)12(3)9-13/h5-9H,4H2,1-3H3. The lowest BCUT2D eigenvalue weighted by Crippen LogP contribution is -1.92. The third-order valence-corrected chi connectivity index (χ3v) is 5.23. The van der Waals surface area contributed by atoms with Gasteiger partial charge in [-0.1, -0.05) is 28.9 Å². The minimum Gasteiger partial charge on any atom is -0.456 e. The summed E-state index contributed by atoms with van der Waals surface area (Å²) < 4.78 is 7.04. The minimum atomic E-state index is 0.600. The van der Waals surface area contributed by atoms with Gasteiger partial charge in [-0.05, 0) is 55.0 Å². The zero-order chi connectivity index (χ0) is 15.4. The number of nitrogens with zero attached hydrogens (tertiary/aromatic N) is 1. The normalized spacial score (nSPS) is 10.2. The van der Waals surface area contributed by atoms with Crippen LogP contribution in [0.1, 0.15) is 23.6 Å². The fraction of sp³-hybridized carbons (Fsp3) is 0.235. The second-order valence-corrected chi connectivity index (χ2v) is 6.75. The van der Waals surface area contributed by atoms with Gasteiger partial charge < -0.3 is 4.74 Å². The summed E-state index contributed by atoms with van der Waals surface area (Å²) in [5.41, 5.74) is 2.83. The van der Waals surface area contributed by atoms with Gasteiger partial charge in [0.05, 0.1) is 0 Å². The molecular formula is C17H16BrNOS. The SMILES string of the molecule is CCSc1cccc(Oc2cc(C)c(Br)c(C)c2)c1C#N. The Bertz CT molecular complexity index is 683. The van der Waals surface area contributed by atoms with Crippen molar-refractivity contribution in [2.75, 3.05) is 5.75 Å². The van der Waals surface area contributed by atoms with Crippen LogP contribution in [0.2, 0.25) is 0 Å². The molecule has 0 fully saturated rings. The van der Waals surface area contributed by atoms with Crippen molar-refractivity contribution >= 4 is 27.7 Å². The first-order valence-corrected chi connectivity index (χ1v) is 8.45. The Morgan fingerprint density at radius 1 is 1.24 bits per heavy atom. The van der Waals surface area contributed by atoms with Crippen molar-refractivity contribution < 1.29 is 4.74 Å². The molecule has 0 radical (unpaired) electrons. The summed E-state index contributed by atoms with van der Waals surface area (Å²) in [4.78, 5) is 0.961. The number of rotatable bonds is 4. The van der Waals surface area contributed by atoms with E-state index in [1.807, 2.05) is 44.2 Å². The van der Waals surface area contributed by atoms with E-state index in [1.54, 1.807) is 11.8 Å². The van der Waals surface area contributed by atoms with E-state index in [1.165, 1.54) is 0 Å². The van der Waals surface area contributed by atoms with Gasteiger partial charge in [0.2, 0.25) is 0 Å². The molecule has 2 nitrogen and oxygen atoms in total. The van der Waals surface area contributed by atoms with E-state index >= 15 is 0 Å². The van der Waals surface area contributed by atoms with Gasteiger partial charge in [-0.3, -0.25) is 0 Å². The van der Waals surface area contributed by atoms with Crippen molar-refractivity contribution in [3.63, 3.8) is 0 Å². The van der Waals surface area contributed by atoms with E-state index in [0.717, 1.165) is 32.0 Å². The van der Waals surface area contributed by atoms with E-state index in [2.05, 4.69) is 28.9 Å². The first-order chi connectivity index (χ1) is 10.1. The second-order valence-electron chi connectivity index (χ2n) is 4.65. The highest BCUT2D eigenvalue weighted by Crippen LogP contribution is 2.34. The van der Waals surface area contributed by atoms with Crippen LogP contribution in [-0.2, 0) is 0 Å². The predicted octanol–water partition coefficient (Wildman–Crippen LogP) is 5.84. The molecule has 0 unspecified atom stereocenters. The number of benzene rings is 2. The van der Waals surface area contributed by atoms with Gasteiger partial charge in [-0.2, -0.15) is 5.26 Å². The lowest BCUT2D eigenvalue weighted by molar-refractivity contribution is 0.478. The summed E-state index contributed by atoms with van der Waals surface area (Å²) in [5.74, 6) is 2.29. The molecule has 21 heavy (non-hydrogen) atoms. The fourth-order valence-corrected chi connectivity index (χ4v) is 3.08. The number of hydrogen-bond acceptors (Lipinski definition) is 3. The molecule has 0 aliphatic heterocycles. The molecule has 108 valence electrons. The number of aryl methyl sites for hydroxylation is 2. The van der Waals surface area contributed by atoms with Gasteiger partial charge in [0.25, 0.3) is 0 Å². The van der Waals surface area contributed by atoms with Crippen LogP contribution in [0, 0.1) is 25.2 Å². The molecule has 0 bridgehead atoms. The van der Waals surface area contributed by atoms with Crippen LogP contribution in [0.5, 0.6) is 11.5 Å². The summed E-state index contributed by atoms with van der Waals surface area (Å²) in [7, 11) is 0.